The molecule has 13 heavy (non-hydrogen) atoms. The van der Waals surface area contributed by atoms with E-state index in [4.69, 9.17) is 0 Å². The maximum atomic E-state index is 11.0. The van der Waals surface area contributed by atoms with Crippen LogP contribution in [0.3, 0.4) is 0 Å². The van der Waals surface area contributed by atoms with Crippen LogP contribution in [0.2, 0.25) is 0 Å². The average Bonchev–Trinajstić information content (AvgIpc) is 2.15. The Labute approximate surface area is 81.2 Å². The van der Waals surface area contributed by atoms with Gasteiger partial charge in [-0.25, -0.2) is 0 Å². The standard InChI is InChI=1S/C12H20O/c1-3-11(9-10(2)13)12-7-5-4-6-8-12/h9,12H,3-8H2,1-2H3/b11-9+. The van der Waals surface area contributed by atoms with Crippen LogP contribution in [0.4, 0.5) is 0 Å². The second-order valence-corrected chi connectivity index (χ2v) is 4.02. The number of hydrogen-bond acceptors (Lipinski definition) is 1. The summed E-state index contributed by atoms with van der Waals surface area (Å²) in [5, 5.41) is 0. The summed E-state index contributed by atoms with van der Waals surface area (Å²) in [6.45, 7) is 3.81. The van der Waals surface area contributed by atoms with Crippen molar-refractivity contribution in [2.45, 2.75) is 52.4 Å². The number of carbonyl (C=O) groups excluding carboxylic acids is 1. The predicted molar refractivity (Wildman–Crippen MR) is 55.6 cm³/mol. The normalized spacial score (nSPS) is 20.3. The molecule has 1 aliphatic rings. The van der Waals surface area contributed by atoms with Gasteiger partial charge in [-0.1, -0.05) is 31.8 Å². The molecule has 1 rings (SSSR count). The van der Waals surface area contributed by atoms with Crippen LogP contribution in [0.15, 0.2) is 11.6 Å². The van der Waals surface area contributed by atoms with E-state index in [0.29, 0.717) is 5.92 Å². The van der Waals surface area contributed by atoms with Gasteiger partial charge in [0.05, 0.1) is 0 Å². The molecule has 0 aromatic heterocycles. The molecule has 0 heterocycles. The molecule has 0 amide bonds. The molecule has 0 radical (unpaired) electrons. The van der Waals surface area contributed by atoms with E-state index in [1.807, 2.05) is 6.08 Å². The van der Waals surface area contributed by atoms with Gasteiger partial charge in [0.1, 0.15) is 0 Å². The molecule has 0 unspecified atom stereocenters. The van der Waals surface area contributed by atoms with E-state index in [0.717, 1.165) is 6.42 Å². The van der Waals surface area contributed by atoms with Gasteiger partial charge in [0.2, 0.25) is 0 Å². The molecule has 0 atom stereocenters. The van der Waals surface area contributed by atoms with Crippen LogP contribution in [0.25, 0.3) is 0 Å². The average molecular weight is 180 g/mol. The summed E-state index contributed by atoms with van der Waals surface area (Å²) in [5.41, 5.74) is 1.38. The van der Waals surface area contributed by atoms with Crippen LogP contribution in [-0.2, 0) is 4.79 Å². The van der Waals surface area contributed by atoms with Crippen molar-refractivity contribution in [2.24, 2.45) is 5.92 Å². The monoisotopic (exact) mass is 180 g/mol. The quantitative estimate of drug-likeness (QED) is 0.607. The molecule has 0 saturated heterocycles. The molecule has 1 heteroatoms. The Kier molecular flexibility index (Phi) is 4.20. The van der Waals surface area contributed by atoms with E-state index in [-0.39, 0.29) is 5.78 Å². The van der Waals surface area contributed by atoms with E-state index >= 15 is 0 Å². The zero-order valence-electron chi connectivity index (χ0n) is 8.81. The molecule has 0 aromatic carbocycles. The van der Waals surface area contributed by atoms with Gasteiger partial charge in [0.25, 0.3) is 0 Å². The van der Waals surface area contributed by atoms with E-state index in [9.17, 15) is 4.79 Å². The van der Waals surface area contributed by atoms with Crippen LogP contribution in [0.5, 0.6) is 0 Å². The van der Waals surface area contributed by atoms with Crippen molar-refractivity contribution in [3.63, 3.8) is 0 Å². The van der Waals surface area contributed by atoms with Crippen molar-refractivity contribution in [3.8, 4) is 0 Å². The Morgan fingerprint density at radius 3 is 2.38 bits per heavy atom. The van der Waals surface area contributed by atoms with Crippen LogP contribution in [0, 0.1) is 5.92 Å². The minimum Gasteiger partial charge on any atom is -0.295 e. The Bertz CT molecular complexity index is 197. The summed E-state index contributed by atoms with van der Waals surface area (Å²) in [5.74, 6) is 0.921. The summed E-state index contributed by atoms with van der Waals surface area (Å²) in [4.78, 5) is 11.0. The highest BCUT2D eigenvalue weighted by atomic mass is 16.1. The predicted octanol–water partition coefficient (Wildman–Crippen LogP) is 3.49. The maximum Gasteiger partial charge on any atom is 0.152 e. The van der Waals surface area contributed by atoms with E-state index in [1.165, 1.54) is 37.7 Å². The van der Waals surface area contributed by atoms with E-state index in [2.05, 4.69) is 6.92 Å². The number of rotatable bonds is 3. The first-order valence-electron chi connectivity index (χ1n) is 5.45. The molecular weight excluding hydrogens is 160 g/mol. The Morgan fingerprint density at radius 1 is 1.31 bits per heavy atom. The third-order valence-electron chi connectivity index (χ3n) is 2.93. The first-order valence-corrected chi connectivity index (χ1v) is 5.45. The SMILES string of the molecule is CC/C(=C\C(C)=O)C1CCCCC1. The minimum atomic E-state index is 0.211. The molecule has 1 aliphatic carbocycles. The maximum absolute atomic E-state index is 11.0. The molecule has 74 valence electrons. The molecule has 1 saturated carbocycles. The molecule has 1 fully saturated rings. The number of hydrogen-bond donors (Lipinski definition) is 0. The lowest BCUT2D eigenvalue weighted by molar-refractivity contribution is -0.112. The smallest absolute Gasteiger partial charge is 0.152 e. The third-order valence-corrected chi connectivity index (χ3v) is 2.93. The summed E-state index contributed by atoms with van der Waals surface area (Å²) in [6, 6.07) is 0. The second-order valence-electron chi connectivity index (χ2n) is 4.02. The first-order chi connectivity index (χ1) is 6.24. The molecule has 0 aliphatic heterocycles. The van der Waals surface area contributed by atoms with Gasteiger partial charge >= 0.3 is 0 Å². The minimum absolute atomic E-state index is 0.211. The Balaban J connectivity index is 2.58. The number of carbonyl (C=O) groups is 1. The van der Waals surface area contributed by atoms with Crippen molar-refractivity contribution in [1.82, 2.24) is 0 Å². The van der Waals surface area contributed by atoms with Gasteiger partial charge in [0, 0.05) is 0 Å². The van der Waals surface area contributed by atoms with Crippen LogP contribution in [0.1, 0.15) is 52.4 Å². The molecule has 1 nitrogen and oxygen atoms in total. The van der Waals surface area contributed by atoms with E-state index < -0.39 is 0 Å². The van der Waals surface area contributed by atoms with Crippen LogP contribution >= 0.6 is 0 Å². The van der Waals surface area contributed by atoms with Crippen LogP contribution < -0.4 is 0 Å². The topological polar surface area (TPSA) is 17.1 Å². The number of allylic oxidation sites excluding steroid dienone is 2. The molecule has 0 spiro atoms. The highest BCUT2D eigenvalue weighted by molar-refractivity contribution is 5.88. The lowest BCUT2D eigenvalue weighted by Crippen LogP contribution is -2.09. The fourth-order valence-electron chi connectivity index (χ4n) is 2.24. The third kappa shape index (κ3) is 3.33. The molecular formula is C12H20O. The lowest BCUT2D eigenvalue weighted by Gasteiger charge is -2.23. The van der Waals surface area contributed by atoms with Crippen LogP contribution in [-0.4, -0.2) is 5.78 Å². The highest BCUT2D eigenvalue weighted by Crippen LogP contribution is 2.31. The largest absolute Gasteiger partial charge is 0.295 e. The zero-order valence-corrected chi connectivity index (χ0v) is 8.81. The van der Waals surface area contributed by atoms with Gasteiger partial charge in [0.15, 0.2) is 5.78 Å². The lowest BCUT2D eigenvalue weighted by atomic mass is 9.82. The Morgan fingerprint density at radius 2 is 1.92 bits per heavy atom. The van der Waals surface area contributed by atoms with E-state index in [1.54, 1.807) is 6.92 Å². The van der Waals surface area contributed by atoms with Crippen molar-refractivity contribution < 1.29 is 4.79 Å². The summed E-state index contributed by atoms with van der Waals surface area (Å²) in [6.07, 6.45) is 9.58. The first kappa shape index (κ1) is 10.5. The fourth-order valence-corrected chi connectivity index (χ4v) is 2.24. The Hall–Kier alpha value is -0.590. The summed E-state index contributed by atoms with van der Waals surface area (Å²) >= 11 is 0. The molecule has 0 aromatic rings. The molecule has 0 N–H and O–H groups in total. The van der Waals surface area contributed by atoms with Gasteiger partial charge in [-0.05, 0) is 38.2 Å². The van der Waals surface area contributed by atoms with Gasteiger partial charge in [-0.3, -0.25) is 4.79 Å². The fraction of sp³-hybridized carbons (Fsp3) is 0.750. The van der Waals surface area contributed by atoms with Crippen molar-refractivity contribution in [1.29, 1.82) is 0 Å². The van der Waals surface area contributed by atoms with Crippen molar-refractivity contribution >= 4 is 5.78 Å². The van der Waals surface area contributed by atoms with Gasteiger partial charge in [-0.15, -0.1) is 0 Å². The van der Waals surface area contributed by atoms with Gasteiger partial charge in [-0.2, -0.15) is 0 Å². The summed E-state index contributed by atoms with van der Waals surface area (Å²) in [7, 11) is 0. The number of ketones is 1. The summed E-state index contributed by atoms with van der Waals surface area (Å²) < 4.78 is 0. The highest BCUT2D eigenvalue weighted by Gasteiger charge is 2.16. The second kappa shape index (κ2) is 5.21. The van der Waals surface area contributed by atoms with Crippen molar-refractivity contribution in [3.05, 3.63) is 11.6 Å². The van der Waals surface area contributed by atoms with Crippen molar-refractivity contribution in [2.75, 3.05) is 0 Å². The molecule has 0 bridgehead atoms. The zero-order chi connectivity index (χ0) is 9.68. The van der Waals surface area contributed by atoms with Gasteiger partial charge < -0.3 is 0 Å².